The van der Waals surface area contributed by atoms with Crippen LogP contribution >= 0.6 is 0 Å². The molecule has 0 aromatic rings. The largest absolute Gasteiger partial charge is 1.00 e. The minimum atomic E-state index is 0. The fraction of sp³-hybridized carbons (Fsp3) is 1.00. The van der Waals surface area contributed by atoms with E-state index in [9.17, 15) is 0 Å². The normalized spacial score (nSPS) is 11.0. The van der Waals surface area contributed by atoms with Crippen LogP contribution in [0.15, 0.2) is 0 Å². The summed E-state index contributed by atoms with van der Waals surface area (Å²) < 4.78 is 5.82. The van der Waals surface area contributed by atoms with Crippen LogP contribution in [0.5, 0.6) is 0 Å². The summed E-state index contributed by atoms with van der Waals surface area (Å²) in [5, 5.41) is 0. The number of hydrogen-bond donors (Lipinski definition) is 0. The van der Waals surface area contributed by atoms with Crippen molar-refractivity contribution < 1.29 is 34.3 Å². The Morgan fingerprint density at radius 3 is 0.733 bits per heavy atom. The smallest absolute Gasteiger partial charge is 0.381 e. The molecule has 0 amide bonds. The third-order valence-electron chi connectivity index (χ3n) is 6.28. The van der Waals surface area contributed by atoms with Crippen LogP contribution in [0.25, 0.3) is 0 Å². The Labute approximate surface area is 214 Å². The number of rotatable bonds is 26. The average molecular weight is 434 g/mol. The zero-order valence-electron chi connectivity index (χ0n) is 21.8. The second-order valence-electron chi connectivity index (χ2n) is 9.39. The standard InChI is InChI=1S/C28H58O.Na/c1-3-5-7-9-11-13-15-17-19-21-23-25-27-29-28-26-24-22-20-18-16-14-12-10-8-6-4-2;/h3-28H2,1-2H3;/q;+1. The summed E-state index contributed by atoms with van der Waals surface area (Å²) in [6.07, 6.45) is 34.1. The van der Waals surface area contributed by atoms with Gasteiger partial charge in [0.15, 0.2) is 0 Å². The first kappa shape index (κ1) is 33.1. The van der Waals surface area contributed by atoms with Crippen molar-refractivity contribution >= 4 is 0 Å². The molecule has 176 valence electrons. The molecule has 0 atom stereocenters. The van der Waals surface area contributed by atoms with Gasteiger partial charge in [-0.05, 0) is 12.8 Å². The molecule has 0 aliphatic heterocycles. The van der Waals surface area contributed by atoms with E-state index in [0.29, 0.717) is 0 Å². The minimum Gasteiger partial charge on any atom is -0.381 e. The maximum atomic E-state index is 5.82. The quantitative estimate of drug-likeness (QED) is 0.102. The van der Waals surface area contributed by atoms with Crippen LogP contribution in [0.3, 0.4) is 0 Å². The van der Waals surface area contributed by atoms with Gasteiger partial charge < -0.3 is 4.74 Å². The van der Waals surface area contributed by atoms with Crippen LogP contribution in [-0.2, 0) is 4.74 Å². The Balaban J connectivity index is 0. The molecule has 0 unspecified atom stereocenters. The van der Waals surface area contributed by atoms with Crippen molar-refractivity contribution in [3.8, 4) is 0 Å². The van der Waals surface area contributed by atoms with Gasteiger partial charge in [0.05, 0.1) is 0 Å². The number of hydrogen-bond acceptors (Lipinski definition) is 1. The van der Waals surface area contributed by atoms with E-state index in [-0.39, 0.29) is 29.6 Å². The van der Waals surface area contributed by atoms with E-state index in [4.69, 9.17) is 4.74 Å². The summed E-state index contributed by atoms with van der Waals surface area (Å²) in [7, 11) is 0. The fourth-order valence-electron chi connectivity index (χ4n) is 4.19. The van der Waals surface area contributed by atoms with Crippen molar-refractivity contribution in [2.75, 3.05) is 13.2 Å². The topological polar surface area (TPSA) is 9.23 Å². The van der Waals surface area contributed by atoms with Gasteiger partial charge in [0.2, 0.25) is 0 Å². The van der Waals surface area contributed by atoms with Gasteiger partial charge in [0.1, 0.15) is 0 Å². The summed E-state index contributed by atoms with van der Waals surface area (Å²) >= 11 is 0. The Hall–Kier alpha value is 0.960. The molecule has 0 saturated carbocycles. The van der Waals surface area contributed by atoms with E-state index in [2.05, 4.69) is 13.8 Å². The molecule has 0 N–H and O–H groups in total. The Morgan fingerprint density at radius 2 is 0.500 bits per heavy atom. The molecule has 0 fully saturated rings. The Bertz CT molecular complexity index is 243. The zero-order valence-corrected chi connectivity index (χ0v) is 23.8. The second-order valence-corrected chi connectivity index (χ2v) is 9.39. The number of unbranched alkanes of at least 4 members (excludes halogenated alkanes) is 22. The predicted molar refractivity (Wildman–Crippen MR) is 133 cm³/mol. The van der Waals surface area contributed by atoms with Crippen molar-refractivity contribution in [3.05, 3.63) is 0 Å². The maximum absolute atomic E-state index is 5.82. The van der Waals surface area contributed by atoms with Crippen LogP contribution in [0.1, 0.15) is 168 Å². The molecule has 0 aliphatic carbocycles. The summed E-state index contributed by atoms with van der Waals surface area (Å²) in [5.41, 5.74) is 0. The average Bonchev–Trinajstić information content (AvgIpc) is 2.74. The summed E-state index contributed by atoms with van der Waals surface area (Å²) in [6.45, 7) is 6.58. The molecular formula is C28H58NaO+. The van der Waals surface area contributed by atoms with Crippen molar-refractivity contribution in [2.24, 2.45) is 0 Å². The van der Waals surface area contributed by atoms with Gasteiger partial charge in [-0.25, -0.2) is 0 Å². The molecule has 2 heteroatoms. The van der Waals surface area contributed by atoms with Gasteiger partial charge in [0, 0.05) is 13.2 Å². The zero-order chi connectivity index (χ0) is 21.1. The van der Waals surface area contributed by atoms with E-state index in [0.717, 1.165) is 13.2 Å². The Morgan fingerprint density at radius 1 is 0.300 bits per heavy atom. The van der Waals surface area contributed by atoms with Gasteiger partial charge in [-0.2, -0.15) is 0 Å². The van der Waals surface area contributed by atoms with Crippen molar-refractivity contribution in [1.29, 1.82) is 0 Å². The monoisotopic (exact) mass is 433 g/mol. The molecule has 0 saturated heterocycles. The molecule has 0 aromatic heterocycles. The summed E-state index contributed by atoms with van der Waals surface area (Å²) in [5.74, 6) is 0. The first-order valence-electron chi connectivity index (χ1n) is 14.0. The van der Waals surface area contributed by atoms with Gasteiger partial charge >= 0.3 is 29.6 Å². The van der Waals surface area contributed by atoms with Crippen molar-refractivity contribution in [2.45, 2.75) is 168 Å². The van der Waals surface area contributed by atoms with Crippen LogP contribution in [0, 0.1) is 0 Å². The molecule has 0 spiro atoms. The first-order chi connectivity index (χ1) is 14.4. The van der Waals surface area contributed by atoms with Crippen LogP contribution in [0.4, 0.5) is 0 Å². The first-order valence-corrected chi connectivity index (χ1v) is 14.0. The predicted octanol–water partition coefficient (Wildman–Crippen LogP) is 7.41. The van der Waals surface area contributed by atoms with Crippen LogP contribution in [-0.4, -0.2) is 13.2 Å². The van der Waals surface area contributed by atoms with Gasteiger partial charge in [-0.3, -0.25) is 0 Å². The van der Waals surface area contributed by atoms with E-state index in [1.807, 2.05) is 0 Å². The minimum absolute atomic E-state index is 0. The molecule has 1 nitrogen and oxygen atoms in total. The SMILES string of the molecule is CCCCCCCCCCCCCCOCCCCCCCCCCCCCC.[Na+]. The summed E-state index contributed by atoms with van der Waals surface area (Å²) in [4.78, 5) is 0. The molecule has 0 bridgehead atoms. The van der Waals surface area contributed by atoms with Crippen LogP contribution < -0.4 is 29.6 Å². The van der Waals surface area contributed by atoms with Gasteiger partial charge in [-0.1, -0.05) is 155 Å². The van der Waals surface area contributed by atoms with Crippen molar-refractivity contribution in [1.82, 2.24) is 0 Å². The molecule has 0 aliphatic rings. The van der Waals surface area contributed by atoms with Gasteiger partial charge in [-0.15, -0.1) is 0 Å². The molecule has 0 aromatic carbocycles. The molecular weight excluding hydrogens is 375 g/mol. The third kappa shape index (κ3) is 31.1. The molecule has 30 heavy (non-hydrogen) atoms. The van der Waals surface area contributed by atoms with E-state index >= 15 is 0 Å². The second kappa shape index (κ2) is 32.1. The molecule has 0 heterocycles. The molecule has 0 radical (unpaired) electrons. The van der Waals surface area contributed by atoms with E-state index in [1.165, 1.54) is 154 Å². The summed E-state index contributed by atoms with van der Waals surface area (Å²) in [6, 6.07) is 0. The Kier molecular flexibility index (Phi) is 35.5. The van der Waals surface area contributed by atoms with E-state index in [1.54, 1.807) is 0 Å². The van der Waals surface area contributed by atoms with Crippen molar-refractivity contribution in [3.63, 3.8) is 0 Å². The third-order valence-corrected chi connectivity index (χ3v) is 6.28. The fourth-order valence-corrected chi connectivity index (χ4v) is 4.19. The molecule has 0 rings (SSSR count). The van der Waals surface area contributed by atoms with Gasteiger partial charge in [0.25, 0.3) is 0 Å². The number of ether oxygens (including phenoxy) is 1. The van der Waals surface area contributed by atoms with Crippen LogP contribution in [0.2, 0.25) is 0 Å². The maximum Gasteiger partial charge on any atom is 1.00 e. The van der Waals surface area contributed by atoms with E-state index < -0.39 is 0 Å².